The standard InChI is InChI=1S/C14H13ClN4O/c15-11-3-1-10(2-4-11)7-19-14(20)9-18-8-12(16)5-6-13(18)17-19/h1-6,8H,7,9,16H2. The highest BCUT2D eigenvalue weighted by Crippen LogP contribution is 2.16. The average Bonchev–Trinajstić information content (AvgIpc) is 2.42. The summed E-state index contributed by atoms with van der Waals surface area (Å²) >= 11 is 5.85. The second-order valence-electron chi connectivity index (χ2n) is 4.63. The van der Waals surface area contributed by atoms with E-state index in [2.05, 4.69) is 5.10 Å². The Kier molecular flexibility index (Phi) is 3.20. The van der Waals surface area contributed by atoms with E-state index in [0.717, 1.165) is 5.56 Å². The molecule has 5 nitrogen and oxygen atoms in total. The maximum atomic E-state index is 12.1. The largest absolute Gasteiger partial charge is 0.398 e. The number of fused-ring (bicyclic) bond motifs is 1. The van der Waals surface area contributed by atoms with Gasteiger partial charge in [0.1, 0.15) is 6.54 Å². The lowest BCUT2D eigenvalue weighted by atomic mass is 10.2. The molecule has 0 unspecified atom stereocenters. The van der Waals surface area contributed by atoms with Crippen LogP contribution < -0.4 is 5.73 Å². The van der Waals surface area contributed by atoms with E-state index in [1.54, 1.807) is 35.4 Å². The molecule has 2 aliphatic heterocycles. The molecule has 3 rings (SSSR count). The van der Waals surface area contributed by atoms with Crippen molar-refractivity contribution in [1.82, 2.24) is 9.91 Å². The number of carbonyl (C=O) groups excluding carboxylic acids is 1. The van der Waals surface area contributed by atoms with Gasteiger partial charge in [-0.3, -0.25) is 4.79 Å². The molecule has 1 amide bonds. The highest BCUT2D eigenvalue weighted by atomic mass is 35.5. The summed E-state index contributed by atoms with van der Waals surface area (Å²) < 4.78 is 0. The molecule has 0 spiro atoms. The molecule has 0 aliphatic carbocycles. The molecule has 0 atom stereocenters. The van der Waals surface area contributed by atoms with Crippen LogP contribution >= 0.6 is 11.6 Å². The quantitative estimate of drug-likeness (QED) is 0.900. The zero-order valence-electron chi connectivity index (χ0n) is 10.7. The number of amides is 1. The van der Waals surface area contributed by atoms with Crippen LogP contribution in [0.4, 0.5) is 0 Å². The van der Waals surface area contributed by atoms with Gasteiger partial charge in [-0.25, -0.2) is 5.01 Å². The van der Waals surface area contributed by atoms with Crippen molar-refractivity contribution in [3.05, 3.63) is 58.9 Å². The molecule has 0 bridgehead atoms. The molecule has 1 aromatic rings. The van der Waals surface area contributed by atoms with Gasteiger partial charge >= 0.3 is 0 Å². The first-order chi connectivity index (χ1) is 9.61. The Morgan fingerprint density at radius 1 is 1.25 bits per heavy atom. The van der Waals surface area contributed by atoms with Crippen molar-refractivity contribution in [3.63, 3.8) is 0 Å². The molecule has 102 valence electrons. The van der Waals surface area contributed by atoms with Gasteiger partial charge in [-0.15, -0.1) is 0 Å². The van der Waals surface area contributed by atoms with E-state index >= 15 is 0 Å². The first kappa shape index (κ1) is 12.7. The number of hydrogen-bond acceptors (Lipinski definition) is 4. The Labute approximate surface area is 121 Å². The SMILES string of the molecule is NC1=CN2CC(=O)N(Cc3ccc(Cl)cc3)N=C2C=C1. The second-order valence-corrected chi connectivity index (χ2v) is 5.06. The van der Waals surface area contributed by atoms with Crippen molar-refractivity contribution >= 4 is 23.3 Å². The molecule has 1 aromatic carbocycles. The van der Waals surface area contributed by atoms with E-state index in [1.807, 2.05) is 12.1 Å². The lowest BCUT2D eigenvalue weighted by Gasteiger charge is -2.31. The number of carbonyl (C=O) groups is 1. The smallest absolute Gasteiger partial charge is 0.263 e. The number of allylic oxidation sites excluding steroid dienone is 1. The normalized spacial score (nSPS) is 17.8. The van der Waals surface area contributed by atoms with Crippen LogP contribution in [0.2, 0.25) is 5.02 Å². The Morgan fingerprint density at radius 3 is 2.75 bits per heavy atom. The molecular formula is C14H13ClN4O. The van der Waals surface area contributed by atoms with Crippen molar-refractivity contribution in [2.75, 3.05) is 6.54 Å². The van der Waals surface area contributed by atoms with E-state index in [1.165, 1.54) is 5.01 Å². The summed E-state index contributed by atoms with van der Waals surface area (Å²) in [6.45, 7) is 0.678. The summed E-state index contributed by atoms with van der Waals surface area (Å²) in [6, 6.07) is 7.37. The van der Waals surface area contributed by atoms with Crippen LogP contribution in [0, 0.1) is 0 Å². The van der Waals surface area contributed by atoms with Gasteiger partial charge in [-0.2, -0.15) is 5.10 Å². The number of hydrogen-bond donors (Lipinski definition) is 1. The third-order valence-corrected chi connectivity index (χ3v) is 3.34. The Balaban J connectivity index is 1.81. The number of benzene rings is 1. The number of rotatable bonds is 2. The molecular weight excluding hydrogens is 276 g/mol. The predicted molar refractivity (Wildman–Crippen MR) is 77.6 cm³/mol. The van der Waals surface area contributed by atoms with Crippen molar-refractivity contribution in [2.24, 2.45) is 10.8 Å². The third kappa shape index (κ3) is 2.53. The molecule has 2 aliphatic rings. The lowest BCUT2D eigenvalue weighted by Crippen LogP contribution is -2.45. The number of amidine groups is 1. The summed E-state index contributed by atoms with van der Waals surface area (Å²) in [6.07, 6.45) is 5.29. The monoisotopic (exact) mass is 288 g/mol. The number of hydrazone groups is 1. The Hall–Kier alpha value is -2.27. The highest BCUT2D eigenvalue weighted by Gasteiger charge is 2.25. The fourth-order valence-electron chi connectivity index (χ4n) is 2.07. The Morgan fingerprint density at radius 2 is 2.00 bits per heavy atom. The second kappa shape index (κ2) is 5.02. The molecule has 2 N–H and O–H groups in total. The van der Waals surface area contributed by atoms with Gasteiger partial charge in [-0.1, -0.05) is 23.7 Å². The van der Waals surface area contributed by atoms with Gasteiger partial charge in [0, 0.05) is 16.9 Å². The van der Waals surface area contributed by atoms with Gasteiger partial charge in [-0.05, 0) is 29.8 Å². The van der Waals surface area contributed by atoms with Crippen molar-refractivity contribution in [2.45, 2.75) is 6.54 Å². The third-order valence-electron chi connectivity index (χ3n) is 3.09. The van der Waals surface area contributed by atoms with Crippen molar-refractivity contribution in [3.8, 4) is 0 Å². The van der Waals surface area contributed by atoms with Crippen molar-refractivity contribution < 1.29 is 4.79 Å². The summed E-state index contributed by atoms with van der Waals surface area (Å²) in [7, 11) is 0. The summed E-state index contributed by atoms with van der Waals surface area (Å²) in [5.74, 6) is 0.649. The van der Waals surface area contributed by atoms with Gasteiger partial charge in [0.05, 0.1) is 6.54 Å². The lowest BCUT2D eigenvalue weighted by molar-refractivity contribution is -0.132. The fraction of sp³-hybridized carbons (Fsp3) is 0.143. The summed E-state index contributed by atoms with van der Waals surface area (Å²) in [5.41, 5.74) is 7.30. The number of nitrogens with zero attached hydrogens (tertiary/aromatic N) is 3. The van der Waals surface area contributed by atoms with Crippen LogP contribution in [0.5, 0.6) is 0 Å². The number of halogens is 1. The first-order valence-electron chi connectivity index (χ1n) is 6.17. The van der Waals surface area contributed by atoms with E-state index in [4.69, 9.17) is 17.3 Å². The minimum Gasteiger partial charge on any atom is -0.398 e. The molecule has 0 fully saturated rings. The van der Waals surface area contributed by atoms with E-state index in [9.17, 15) is 4.79 Å². The van der Waals surface area contributed by atoms with Gasteiger partial charge in [0.2, 0.25) is 0 Å². The molecule has 0 radical (unpaired) electrons. The van der Waals surface area contributed by atoms with Crippen LogP contribution in [-0.4, -0.2) is 28.2 Å². The number of nitrogens with two attached hydrogens (primary N) is 1. The van der Waals surface area contributed by atoms with Crippen LogP contribution in [-0.2, 0) is 11.3 Å². The first-order valence-corrected chi connectivity index (χ1v) is 6.55. The Bertz CT molecular complexity index is 633. The molecule has 0 saturated heterocycles. The van der Waals surface area contributed by atoms with Crippen LogP contribution in [0.15, 0.2) is 53.4 Å². The van der Waals surface area contributed by atoms with E-state index in [0.29, 0.717) is 23.1 Å². The summed E-state index contributed by atoms with van der Waals surface area (Å²) in [5, 5.41) is 6.48. The molecule has 0 saturated carbocycles. The fourth-order valence-corrected chi connectivity index (χ4v) is 2.19. The molecule has 2 heterocycles. The van der Waals surface area contributed by atoms with E-state index in [-0.39, 0.29) is 12.5 Å². The minimum absolute atomic E-state index is 0.0666. The van der Waals surface area contributed by atoms with Crippen LogP contribution in [0.3, 0.4) is 0 Å². The van der Waals surface area contributed by atoms with Gasteiger partial charge < -0.3 is 10.6 Å². The molecule has 0 aromatic heterocycles. The molecule has 6 heteroatoms. The van der Waals surface area contributed by atoms with Gasteiger partial charge in [0.25, 0.3) is 5.91 Å². The zero-order valence-corrected chi connectivity index (χ0v) is 11.4. The zero-order chi connectivity index (χ0) is 14.1. The van der Waals surface area contributed by atoms with E-state index < -0.39 is 0 Å². The maximum Gasteiger partial charge on any atom is 0.263 e. The summed E-state index contributed by atoms with van der Waals surface area (Å²) in [4.78, 5) is 13.8. The minimum atomic E-state index is -0.0666. The van der Waals surface area contributed by atoms with Crippen LogP contribution in [0.25, 0.3) is 0 Å². The maximum absolute atomic E-state index is 12.1. The molecule has 20 heavy (non-hydrogen) atoms. The average molecular weight is 289 g/mol. The van der Waals surface area contributed by atoms with Crippen LogP contribution in [0.1, 0.15) is 5.56 Å². The predicted octanol–water partition coefficient (Wildman–Crippen LogP) is 1.67. The topological polar surface area (TPSA) is 61.9 Å². The van der Waals surface area contributed by atoms with Crippen molar-refractivity contribution in [1.29, 1.82) is 0 Å². The van der Waals surface area contributed by atoms with Gasteiger partial charge in [0.15, 0.2) is 5.84 Å². The highest BCUT2D eigenvalue weighted by molar-refractivity contribution is 6.30.